The lowest BCUT2D eigenvalue weighted by molar-refractivity contribution is 0.669. The number of nitrogens with zero attached hydrogens (tertiary/aromatic N) is 2. The molecule has 0 amide bonds. The molecule has 2 aromatic heterocycles. The van der Waals surface area contributed by atoms with Crippen LogP contribution in [-0.2, 0) is 0 Å². The van der Waals surface area contributed by atoms with Gasteiger partial charge in [-0.2, -0.15) is 0 Å². The van der Waals surface area contributed by atoms with Gasteiger partial charge in [0, 0.05) is 44.2 Å². The second kappa shape index (κ2) is 13.6. The van der Waals surface area contributed by atoms with Crippen LogP contribution < -0.4 is 4.90 Å². The van der Waals surface area contributed by atoms with Crippen molar-refractivity contribution in [2.24, 2.45) is 0 Å². The van der Waals surface area contributed by atoms with Crippen molar-refractivity contribution in [1.82, 2.24) is 4.57 Å². The molecular weight excluding hydrogens is 693 g/mol. The van der Waals surface area contributed by atoms with Gasteiger partial charge in [-0.1, -0.05) is 146 Å². The minimum atomic E-state index is 0.862. The third-order valence-corrected chi connectivity index (χ3v) is 11.2. The number of hydrogen-bond donors (Lipinski definition) is 0. The van der Waals surface area contributed by atoms with Crippen molar-refractivity contribution < 1.29 is 4.42 Å². The Morgan fingerprint density at radius 2 is 0.930 bits per heavy atom. The minimum absolute atomic E-state index is 0.862. The average Bonchev–Trinajstić information content (AvgIpc) is 3.83. The summed E-state index contributed by atoms with van der Waals surface area (Å²) in [6.07, 6.45) is 0. The topological polar surface area (TPSA) is 21.3 Å². The highest BCUT2D eigenvalue weighted by Crippen LogP contribution is 2.48. The number of fused-ring (bicyclic) bond motifs is 6. The molecule has 11 aromatic rings. The molecule has 0 spiro atoms. The summed E-state index contributed by atoms with van der Waals surface area (Å²) in [7, 11) is 0. The van der Waals surface area contributed by atoms with E-state index in [1.807, 2.05) is 6.07 Å². The first-order chi connectivity index (χ1) is 28.3. The van der Waals surface area contributed by atoms with Gasteiger partial charge in [-0.3, -0.25) is 0 Å². The number of para-hydroxylation sites is 3. The van der Waals surface area contributed by atoms with Crippen molar-refractivity contribution in [2.45, 2.75) is 0 Å². The van der Waals surface area contributed by atoms with Crippen LogP contribution in [0.25, 0.3) is 82.8 Å². The van der Waals surface area contributed by atoms with E-state index in [4.69, 9.17) is 4.42 Å². The van der Waals surface area contributed by atoms with Crippen LogP contribution in [0.2, 0.25) is 0 Å². The monoisotopic (exact) mass is 728 g/mol. The highest BCUT2D eigenvalue weighted by Gasteiger charge is 2.24. The number of rotatable bonds is 7. The fraction of sp³-hybridized carbons (Fsp3) is 0. The van der Waals surface area contributed by atoms with Crippen molar-refractivity contribution in [1.29, 1.82) is 0 Å². The third-order valence-electron chi connectivity index (χ3n) is 11.2. The molecule has 0 bridgehead atoms. The summed E-state index contributed by atoms with van der Waals surface area (Å²) < 4.78 is 8.94. The number of hydrogen-bond acceptors (Lipinski definition) is 2. The molecule has 0 aliphatic carbocycles. The summed E-state index contributed by atoms with van der Waals surface area (Å²) in [4.78, 5) is 2.43. The Morgan fingerprint density at radius 1 is 0.351 bits per heavy atom. The number of anilines is 3. The van der Waals surface area contributed by atoms with E-state index in [1.54, 1.807) is 0 Å². The Balaban J connectivity index is 1.20. The van der Waals surface area contributed by atoms with E-state index in [0.29, 0.717) is 0 Å². The maximum atomic E-state index is 6.57. The van der Waals surface area contributed by atoms with E-state index in [-0.39, 0.29) is 0 Å². The molecule has 0 N–H and O–H groups in total. The zero-order chi connectivity index (χ0) is 37.7. The number of aromatic nitrogens is 1. The second-order valence-corrected chi connectivity index (χ2v) is 14.5. The molecule has 0 aliphatic heterocycles. The van der Waals surface area contributed by atoms with Gasteiger partial charge in [-0.05, 0) is 101 Å². The van der Waals surface area contributed by atoms with E-state index in [1.165, 1.54) is 33.0 Å². The van der Waals surface area contributed by atoms with E-state index in [2.05, 4.69) is 222 Å². The Labute approximate surface area is 330 Å². The highest BCUT2D eigenvalue weighted by molar-refractivity contribution is 6.17. The summed E-state index contributed by atoms with van der Waals surface area (Å²) in [6.45, 7) is 0. The van der Waals surface area contributed by atoms with Crippen LogP contribution in [0, 0.1) is 0 Å². The molecule has 3 nitrogen and oxygen atoms in total. The van der Waals surface area contributed by atoms with Gasteiger partial charge in [-0.15, -0.1) is 0 Å². The average molecular weight is 729 g/mol. The normalized spacial score (nSPS) is 11.5. The molecule has 0 unspecified atom stereocenters. The lowest BCUT2D eigenvalue weighted by Crippen LogP contribution is -2.11. The standard InChI is InChI=1S/C54H36N2O/c1-4-15-37(16-5-1)39-27-29-43(30-28-39)55(44-31-32-49-47(36-44)45-23-10-12-25-48(45)56(49)42-21-8-3-9-22-42)50-33-34-52-54(46-24-11-13-26-51(46)57-52)53(50)41-20-14-19-40(35-41)38-17-6-2-7-18-38/h1-36H. The first-order valence-corrected chi connectivity index (χ1v) is 19.4. The van der Waals surface area contributed by atoms with Gasteiger partial charge in [0.25, 0.3) is 0 Å². The van der Waals surface area contributed by atoms with Gasteiger partial charge in [0.2, 0.25) is 0 Å². The first kappa shape index (κ1) is 32.8. The molecule has 9 aromatic carbocycles. The van der Waals surface area contributed by atoms with Gasteiger partial charge in [0.05, 0.1) is 16.7 Å². The molecule has 0 fully saturated rings. The lowest BCUT2D eigenvalue weighted by atomic mass is 9.93. The molecule has 2 heterocycles. The maximum Gasteiger partial charge on any atom is 0.136 e. The Bertz CT molecular complexity index is 3220. The fourth-order valence-electron chi connectivity index (χ4n) is 8.59. The van der Waals surface area contributed by atoms with Crippen LogP contribution in [0.4, 0.5) is 17.1 Å². The zero-order valence-electron chi connectivity index (χ0n) is 31.1. The van der Waals surface area contributed by atoms with Crippen LogP contribution >= 0.6 is 0 Å². The van der Waals surface area contributed by atoms with Crippen LogP contribution in [0.1, 0.15) is 0 Å². The highest BCUT2D eigenvalue weighted by atomic mass is 16.3. The van der Waals surface area contributed by atoms with Crippen LogP contribution in [-0.4, -0.2) is 4.57 Å². The lowest BCUT2D eigenvalue weighted by Gasteiger charge is -2.29. The summed E-state index contributed by atoms with van der Waals surface area (Å²) in [5, 5.41) is 4.60. The molecule has 57 heavy (non-hydrogen) atoms. The fourth-order valence-corrected chi connectivity index (χ4v) is 8.59. The summed E-state index contributed by atoms with van der Waals surface area (Å²) in [5.74, 6) is 0. The summed E-state index contributed by atoms with van der Waals surface area (Å²) in [6, 6.07) is 78.2. The summed E-state index contributed by atoms with van der Waals surface area (Å²) >= 11 is 0. The molecule has 0 atom stereocenters. The molecule has 0 aliphatic rings. The van der Waals surface area contributed by atoms with Crippen LogP contribution in [0.15, 0.2) is 223 Å². The maximum absolute atomic E-state index is 6.57. The van der Waals surface area contributed by atoms with Crippen LogP contribution in [0.3, 0.4) is 0 Å². The van der Waals surface area contributed by atoms with Crippen molar-refractivity contribution in [3.8, 4) is 39.1 Å². The van der Waals surface area contributed by atoms with E-state index < -0.39 is 0 Å². The number of benzene rings is 9. The van der Waals surface area contributed by atoms with Gasteiger partial charge >= 0.3 is 0 Å². The van der Waals surface area contributed by atoms with Crippen molar-refractivity contribution in [3.05, 3.63) is 218 Å². The Kier molecular flexibility index (Phi) is 7.82. The van der Waals surface area contributed by atoms with Crippen molar-refractivity contribution >= 4 is 60.8 Å². The largest absolute Gasteiger partial charge is 0.456 e. The van der Waals surface area contributed by atoms with Gasteiger partial charge in [-0.25, -0.2) is 0 Å². The minimum Gasteiger partial charge on any atom is -0.456 e. The van der Waals surface area contributed by atoms with Gasteiger partial charge in [0.1, 0.15) is 11.2 Å². The molecule has 268 valence electrons. The Morgan fingerprint density at radius 3 is 1.70 bits per heavy atom. The number of furan rings is 1. The molecule has 0 saturated heterocycles. The summed E-state index contributed by atoms with van der Waals surface area (Å²) in [5.41, 5.74) is 15.4. The van der Waals surface area contributed by atoms with Gasteiger partial charge < -0.3 is 13.9 Å². The molecule has 0 saturated carbocycles. The second-order valence-electron chi connectivity index (χ2n) is 14.5. The van der Waals surface area contributed by atoms with Gasteiger partial charge in [0.15, 0.2) is 0 Å². The van der Waals surface area contributed by atoms with E-state index in [9.17, 15) is 0 Å². The SMILES string of the molecule is c1ccc(-c2ccc(N(c3ccc4c(c3)c3ccccc3n4-c3ccccc3)c3ccc4oc5ccccc5c4c3-c3cccc(-c4ccccc4)c3)cc2)cc1. The predicted octanol–water partition coefficient (Wildman–Crippen LogP) is 15.2. The predicted molar refractivity (Wildman–Crippen MR) is 239 cm³/mol. The molecule has 11 rings (SSSR count). The van der Waals surface area contributed by atoms with Crippen LogP contribution in [0.5, 0.6) is 0 Å². The van der Waals surface area contributed by atoms with E-state index in [0.717, 1.165) is 66.9 Å². The molecule has 0 radical (unpaired) electrons. The Hall–Kier alpha value is -7.62. The quantitative estimate of drug-likeness (QED) is 0.163. The smallest absolute Gasteiger partial charge is 0.136 e. The van der Waals surface area contributed by atoms with E-state index >= 15 is 0 Å². The first-order valence-electron chi connectivity index (χ1n) is 19.4. The third kappa shape index (κ3) is 5.60. The zero-order valence-corrected chi connectivity index (χ0v) is 31.1. The molecular formula is C54H36N2O. The molecule has 3 heteroatoms. The van der Waals surface area contributed by atoms with Crippen molar-refractivity contribution in [3.63, 3.8) is 0 Å². The van der Waals surface area contributed by atoms with Crippen molar-refractivity contribution in [2.75, 3.05) is 4.90 Å².